The third kappa shape index (κ3) is 2.75. The first-order valence-corrected chi connectivity index (χ1v) is 5.43. The van der Waals surface area contributed by atoms with Crippen molar-refractivity contribution in [3.8, 4) is 0 Å². The summed E-state index contributed by atoms with van der Waals surface area (Å²) >= 11 is 0. The zero-order valence-corrected chi connectivity index (χ0v) is 10.6. The van der Waals surface area contributed by atoms with Gasteiger partial charge in [-0.3, -0.25) is 0 Å². The van der Waals surface area contributed by atoms with Gasteiger partial charge in [-0.2, -0.15) is 0 Å². The molecule has 0 fully saturated rings. The molecule has 3 N–H and O–H groups in total. The summed E-state index contributed by atoms with van der Waals surface area (Å²) in [6.07, 6.45) is -0.132. The van der Waals surface area contributed by atoms with E-state index in [1.807, 2.05) is 0 Å². The van der Waals surface area contributed by atoms with Gasteiger partial charge >= 0.3 is 0 Å². The van der Waals surface area contributed by atoms with Crippen LogP contribution in [0.1, 0.15) is 13.3 Å². The normalized spacial score (nSPS) is 13.4. The molecule has 0 amide bonds. The molecule has 1 rings (SSSR count). The number of amidine groups is 1. The highest BCUT2D eigenvalue weighted by Crippen LogP contribution is 2.30. The van der Waals surface area contributed by atoms with Crippen LogP contribution in [-0.2, 0) is 0 Å². The first-order chi connectivity index (χ1) is 9.22. The minimum atomic E-state index is -2.22. The molecule has 0 saturated carbocycles. The van der Waals surface area contributed by atoms with Gasteiger partial charge < -0.3 is 15.8 Å². The maximum Gasteiger partial charge on any atom is 0.200 e. The maximum absolute atomic E-state index is 13.6. The summed E-state index contributed by atoms with van der Waals surface area (Å²) in [5, 5.41) is 11.1. The number of anilines is 1. The van der Waals surface area contributed by atoms with E-state index >= 15 is 0 Å². The van der Waals surface area contributed by atoms with Gasteiger partial charge in [0, 0.05) is 19.5 Å². The molecule has 0 heterocycles. The predicted octanol–water partition coefficient (Wildman–Crippen LogP) is 2.34. The number of halogens is 5. The Balaban J connectivity index is 3.26. The largest absolute Gasteiger partial charge is 0.409 e. The SMILES string of the molecule is CC(CC(N)=NO)N(C)c1c(F)c(F)c(F)c(F)c1F. The number of nitrogens with zero attached hydrogens (tertiary/aromatic N) is 2. The minimum Gasteiger partial charge on any atom is -0.409 e. The maximum atomic E-state index is 13.6. The standard InChI is InChI=1S/C11H12F5N3O/c1-4(3-5(17)18-20)19(2)11-9(15)7(13)6(12)8(14)10(11)16/h4,20H,3H2,1-2H3,(H2,17,18). The first kappa shape index (κ1) is 16.0. The molecule has 1 atom stereocenters. The van der Waals surface area contributed by atoms with Crippen LogP contribution in [0.2, 0.25) is 0 Å². The van der Waals surface area contributed by atoms with Crippen molar-refractivity contribution in [2.24, 2.45) is 10.9 Å². The summed E-state index contributed by atoms with van der Waals surface area (Å²) < 4.78 is 66.2. The lowest BCUT2D eigenvalue weighted by atomic mass is 10.1. The number of hydrogen-bond acceptors (Lipinski definition) is 3. The van der Waals surface area contributed by atoms with Crippen LogP contribution in [0.15, 0.2) is 5.16 Å². The summed E-state index contributed by atoms with van der Waals surface area (Å²) in [5.41, 5.74) is 4.16. The van der Waals surface area contributed by atoms with Crippen LogP contribution in [0.4, 0.5) is 27.6 Å². The van der Waals surface area contributed by atoms with Gasteiger partial charge in [-0.15, -0.1) is 0 Å². The third-order valence-corrected chi connectivity index (χ3v) is 2.83. The Hall–Kier alpha value is -2.06. The first-order valence-electron chi connectivity index (χ1n) is 5.43. The highest BCUT2D eigenvalue weighted by atomic mass is 19.2. The molecule has 0 spiro atoms. The van der Waals surface area contributed by atoms with E-state index in [1.165, 1.54) is 6.92 Å². The molecule has 0 saturated heterocycles. The fourth-order valence-corrected chi connectivity index (χ4v) is 1.60. The highest BCUT2D eigenvalue weighted by molar-refractivity contribution is 5.80. The number of rotatable bonds is 4. The van der Waals surface area contributed by atoms with Gasteiger partial charge in [-0.05, 0) is 6.92 Å². The van der Waals surface area contributed by atoms with Crippen LogP contribution in [0.25, 0.3) is 0 Å². The van der Waals surface area contributed by atoms with E-state index in [2.05, 4.69) is 5.16 Å². The molecule has 0 aliphatic rings. The summed E-state index contributed by atoms with van der Waals surface area (Å²) in [6.45, 7) is 1.41. The van der Waals surface area contributed by atoms with E-state index in [1.54, 1.807) is 0 Å². The van der Waals surface area contributed by atoms with Crippen molar-refractivity contribution in [3.63, 3.8) is 0 Å². The van der Waals surface area contributed by atoms with Crippen molar-refractivity contribution in [2.75, 3.05) is 11.9 Å². The zero-order chi connectivity index (χ0) is 15.6. The molecule has 112 valence electrons. The molecule has 1 aromatic rings. The van der Waals surface area contributed by atoms with Gasteiger partial charge in [0.25, 0.3) is 0 Å². The molecular weight excluding hydrogens is 285 g/mol. The topological polar surface area (TPSA) is 61.9 Å². The fourth-order valence-electron chi connectivity index (χ4n) is 1.60. The Bertz CT molecular complexity index is 520. The summed E-state index contributed by atoms with van der Waals surface area (Å²) in [4.78, 5) is 0.828. The van der Waals surface area contributed by atoms with Crippen molar-refractivity contribution >= 4 is 11.5 Å². The Labute approximate surface area is 111 Å². The van der Waals surface area contributed by atoms with Gasteiger partial charge in [0.15, 0.2) is 23.3 Å². The Kier molecular flexibility index (Phi) is 4.74. The molecule has 1 aromatic carbocycles. The molecule has 20 heavy (non-hydrogen) atoms. The van der Waals surface area contributed by atoms with Gasteiger partial charge in [0.2, 0.25) is 5.82 Å². The van der Waals surface area contributed by atoms with Crippen LogP contribution < -0.4 is 10.6 Å². The van der Waals surface area contributed by atoms with Crippen molar-refractivity contribution < 1.29 is 27.2 Å². The Morgan fingerprint density at radius 3 is 1.90 bits per heavy atom. The molecule has 0 bridgehead atoms. The molecule has 1 unspecified atom stereocenters. The van der Waals surface area contributed by atoms with Crippen LogP contribution in [0, 0.1) is 29.1 Å². The average Bonchev–Trinajstić information content (AvgIpc) is 2.42. The number of benzene rings is 1. The monoisotopic (exact) mass is 297 g/mol. The number of oxime groups is 1. The minimum absolute atomic E-state index is 0.132. The zero-order valence-electron chi connectivity index (χ0n) is 10.6. The second-order valence-corrected chi connectivity index (χ2v) is 4.17. The third-order valence-electron chi connectivity index (χ3n) is 2.83. The van der Waals surface area contributed by atoms with Crippen LogP contribution >= 0.6 is 0 Å². The van der Waals surface area contributed by atoms with Gasteiger partial charge in [-0.25, -0.2) is 22.0 Å². The fraction of sp³-hybridized carbons (Fsp3) is 0.364. The van der Waals surface area contributed by atoms with Crippen LogP contribution in [0.5, 0.6) is 0 Å². The molecular formula is C11H12F5N3O. The quantitative estimate of drug-likeness (QED) is 0.171. The van der Waals surface area contributed by atoms with E-state index in [0.29, 0.717) is 0 Å². The Morgan fingerprint density at radius 2 is 1.50 bits per heavy atom. The lowest BCUT2D eigenvalue weighted by molar-refractivity contribution is 0.316. The van der Waals surface area contributed by atoms with Crippen LogP contribution in [0.3, 0.4) is 0 Å². The highest BCUT2D eigenvalue weighted by Gasteiger charge is 2.29. The van der Waals surface area contributed by atoms with E-state index < -0.39 is 40.8 Å². The van der Waals surface area contributed by atoms with E-state index in [9.17, 15) is 22.0 Å². The van der Waals surface area contributed by atoms with Gasteiger partial charge in [-0.1, -0.05) is 5.16 Å². The number of nitrogens with two attached hydrogens (primary N) is 1. The molecule has 0 radical (unpaired) electrons. The van der Waals surface area contributed by atoms with Crippen LogP contribution in [-0.4, -0.2) is 24.1 Å². The molecule has 0 aliphatic heterocycles. The van der Waals surface area contributed by atoms with E-state index in [4.69, 9.17) is 10.9 Å². The van der Waals surface area contributed by atoms with Crippen molar-refractivity contribution in [1.82, 2.24) is 0 Å². The lowest BCUT2D eigenvalue weighted by Gasteiger charge is -2.27. The molecule has 4 nitrogen and oxygen atoms in total. The van der Waals surface area contributed by atoms with Crippen molar-refractivity contribution in [3.05, 3.63) is 29.1 Å². The predicted molar refractivity (Wildman–Crippen MR) is 62.1 cm³/mol. The molecule has 0 aliphatic carbocycles. The molecule has 9 heteroatoms. The van der Waals surface area contributed by atoms with Crippen molar-refractivity contribution in [1.29, 1.82) is 0 Å². The lowest BCUT2D eigenvalue weighted by Crippen LogP contribution is -2.35. The summed E-state index contributed by atoms with van der Waals surface area (Å²) in [5.74, 6) is -10.4. The second-order valence-electron chi connectivity index (χ2n) is 4.17. The smallest absolute Gasteiger partial charge is 0.200 e. The summed E-state index contributed by atoms with van der Waals surface area (Å²) in [6, 6.07) is -0.765. The second kappa shape index (κ2) is 5.93. The van der Waals surface area contributed by atoms with E-state index in [-0.39, 0.29) is 12.3 Å². The number of hydrogen-bond donors (Lipinski definition) is 2. The van der Waals surface area contributed by atoms with Gasteiger partial charge in [0.1, 0.15) is 11.5 Å². The van der Waals surface area contributed by atoms with E-state index in [0.717, 1.165) is 11.9 Å². The Morgan fingerprint density at radius 1 is 1.10 bits per heavy atom. The molecule has 0 aromatic heterocycles. The average molecular weight is 297 g/mol. The van der Waals surface area contributed by atoms with Gasteiger partial charge in [0.05, 0.1) is 0 Å². The van der Waals surface area contributed by atoms with Crippen molar-refractivity contribution in [2.45, 2.75) is 19.4 Å². The summed E-state index contributed by atoms with van der Waals surface area (Å²) in [7, 11) is 1.13.